The Balaban J connectivity index is 1.28. The van der Waals surface area contributed by atoms with Crippen molar-refractivity contribution in [3.8, 4) is 11.1 Å². The number of aryl methyl sites for hydroxylation is 1. The van der Waals surface area contributed by atoms with Gasteiger partial charge in [-0.3, -0.25) is 4.98 Å². The van der Waals surface area contributed by atoms with E-state index in [0.29, 0.717) is 13.1 Å². The Morgan fingerprint density at radius 1 is 0.909 bits per heavy atom. The van der Waals surface area contributed by atoms with Gasteiger partial charge in [0.05, 0.1) is 5.52 Å². The summed E-state index contributed by atoms with van der Waals surface area (Å²) in [5.74, 6) is 0.944. The number of fused-ring (bicyclic) bond motifs is 1. The maximum atomic E-state index is 12.7. The number of urea groups is 1. The molecule has 33 heavy (non-hydrogen) atoms. The van der Waals surface area contributed by atoms with Crippen LogP contribution in [-0.2, 0) is 6.42 Å². The molecule has 0 unspecified atom stereocenters. The zero-order chi connectivity index (χ0) is 22.6. The molecule has 0 atom stereocenters. The molecule has 1 aliphatic rings. The first kappa shape index (κ1) is 20.9. The average molecular weight is 438 g/mol. The predicted molar refractivity (Wildman–Crippen MR) is 134 cm³/mol. The van der Waals surface area contributed by atoms with Crippen LogP contribution < -0.4 is 10.2 Å². The normalized spacial score (nSPS) is 13.8. The molecule has 1 aliphatic heterocycles. The van der Waals surface area contributed by atoms with Crippen molar-refractivity contribution < 1.29 is 4.79 Å². The summed E-state index contributed by atoms with van der Waals surface area (Å²) in [6, 6.07) is 22.5. The largest absolute Gasteiger partial charge is 0.353 e. The van der Waals surface area contributed by atoms with Crippen LogP contribution >= 0.6 is 0 Å². The second-order valence-electron chi connectivity index (χ2n) is 8.24. The van der Waals surface area contributed by atoms with Crippen molar-refractivity contribution in [2.75, 3.05) is 36.4 Å². The average Bonchev–Trinajstić information content (AvgIpc) is 2.89. The lowest BCUT2D eigenvalue weighted by molar-refractivity contribution is 0.208. The molecule has 6 heteroatoms. The molecule has 1 saturated heterocycles. The third kappa shape index (κ3) is 4.51. The number of piperazine rings is 1. The molecule has 6 nitrogen and oxygen atoms in total. The lowest BCUT2D eigenvalue weighted by Crippen LogP contribution is -2.50. The van der Waals surface area contributed by atoms with Gasteiger partial charge in [0.2, 0.25) is 0 Å². The molecule has 2 aromatic heterocycles. The highest BCUT2D eigenvalue weighted by molar-refractivity contribution is 5.94. The highest BCUT2D eigenvalue weighted by Crippen LogP contribution is 2.29. The molecule has 1 fully saturated rings. The molecule has 5 rings (SSSR count). The van der Waals surface area contributed by atoms with Crippen molar-refractivity contribution in [2.45, 2.75) is 13.3 Å². The summed E-state index contributed by atoms with van der Waals surface area (Å²) in [4.78, 5) is 26.0. The van der Waals surface area contributed by atoms with Crippen molar-refractivity contribution >= 4 is 28.4 Å². The third-order valence-corrected chi connectivity index (χ3v) is 6.20. The lowest BCUT2D eigenvalue weighted by Gasteiger charge is -2.35. The molecule has 3 heterocycles. The molecular weight excluding hydrogens is 410 g/mol. The van der Waals surface area contributed by atoms with E-state index in [1.807, 2.05) is 29.2 Å². The summed E-state index contributed by atoms with van der Waals surface area (Å²) in [6.45, 7) is 4.93. The molecule has 166 valence electrons. The van der Waals surface area contributed by atoms with Crippen molar-refractivity contribution in [3.63, 3.8) is 0 Å². The van der Waals surface area contributed by atoms with Gasteiger partial charge in [-0.05, 0) is 53.9 Å². The Labute approximate surface area is 193 Å². The number of hydrogen-bond acceptors (Lipinski definition) is 4. The quantitative estimate of drug-likeness (QED) is 0.476. The van der Waals surface area contributed by atoms with Crippen molar-refractivity contribution in [1.29, 1.82) is 0 Å². The molecular formula is C27H27N5O. The molecule has 2 aromatic carbocycles. The van der Waals surface area contributed by atoms with Crippen molar-refractivity contribution in [2.24, 2.45) is 0 Å². The van der Waals surface area contributed by atoms with E-state index in [0.717, 1.165) is 53.0 Å². The number of aromatic nitrogens is 2. The van der Waals surface area contributed by atoms with E-state index in [1.165, 1.54) is 5.56 Å². The van der Waals surface area contributed by atoms with Gasteiger partial charge in [0, 0.05) is 55.2 Å². The summed E-state index contributed by atoms with van der Waals surface area (Å²) in [6.07, 6.45) is 4.60. The Morgan fingerprint density at radius 3 is 2.39 bits per heavy atom. The fourth-order valence-electron chi connectivity index (χ4n) is 4.24. The smallest absolute Gasteiger partial charge is 0.321 e. The van der Waals surface area contributed by atoms with Gasteiger partial charge in [-0.2, -0.15) is 0 Å². The number of rotatable bonds is 4. The second kappa shape index (κ2) is 9.28. The van der Waals surface area contributed by atoms with E-state index in [9.17, 15) is 4.79 Å². The van der Waals surface area contributed by atoms with Crippen LogP contribution in [0.2, 0.25) is 0 Å². The summed E-state index contributed by atoms with van der Waals surface area (Å²) < 4.78 is 0. The van der Waals surface area contributed by atoms with Gasteiger partial charge >= 0.3 is 6.03 Å². The minimum atomic E-state index is -0.0506. The number of carbonyl (C=O) groups excluding carboxylic acids is 1. The van der Waals surface area contributed by atoms with Crippen LogP contribution in [0.3, 0.4) is 0 Å². The second-order valence-corrected chi connectivity index (χ2v) is 8.24. The molecule has 1 N–H and O–H groups in total. The zero-order valence-electron chi connectivity index (χ0n) is 18.7. The highest BCUT2D eigenvalue weighted by atomic mass is 16.2. The number of anilines is 2. The third-order valence-electron chi connectivity index (χ3n) is 6.20. The number of carbonyl (C=O) groups is 1. The Bertz CT molecular complexity index is 1250. The predicted octanol–water partition coefficient (Wildman–Crippen LogP) is 5.21. The van der Waals surface area contributed by atoms with Gasteiger partial charge in [0.1, 0.15) is 5.82 Å². The highest BCUT2D eigenvalue weighted by Gasteiger charge is 2.22. The van der Waals surface area contributed by atoms with Gasteiger partial charge in [0.15, 0.2) is 0 Å². The summed E-state index contributed by atoms with van der Waals surface area (Å²) in [5.41, 5.74) is 5.28. The molecule has 0 radical (unpaired) electrons. The number of amides is 2. The van der Waals surface area contributed by atoms with Crippen LogP contribution in [0.1, 0.15) is 12.5 Å². The number of nitrogens with zero attached hydrogens (tertiary/aromatic N) is 4. The number of pyridine rings is 2. The van der Waals surface area contributed by atoms with Crippen LogP contribution in [0.4, 0.5) is 16.3 Å². The Morgan fingerprint density at radius 2 is 1.67 bits per heavy atom. The molecule has 0 saturated carbocycles. The number of nitrogens with one attached hydrogen (secondary N) is 1. The lowest BCUT2D eigenvalue weighted by atomic mass is 10.0. The maximum Gasteiger partial charge on any atom is 0.321 e. The number of hydrogen-bond donors (Lipinski definition) is 1. The van der Waals surface area contributed by atoms with E-state index < -0.39 is 0 Å². The molecule has 2 amide bonds. The molecule has 4 aromatic rings. The van der Waals surface area contributed by atoms with Gasteiger partial charge < -0.3 is 15.1 Å². The van der Waals surface area contributed by atoms with E-state index >= 15 is 0 Å². The monoisotopic (exact) mass is 437 g/mol. The number of benzene rings is 2. The van der Waals surface area contributed by atoms with Crippen LogP contribution in [-0.4, -0.2) is 47.1 Å². The summed E-state index contributed by atoms with van der Waals surface area (Å²) >= 11 is 0. The van der Waals surface area contributed by atoms with E-state index in [2.05, 4.69) is 64.6 Å². The minimum Gasteiger partial charge on any atom is -0.353 e. The topological polar surface area (TPSA) is 61.4 Å². The Hall–Kier alpha value is -3.93. The standard InChI is InChI=1S/C27H27N5O/c1-2-20-6-9-23(10-7-20)29-27(33)32-18-16-31(17-19-32)25-11-8-22-4-3-5-24(26(22)30-25)21-12-14-28-15-13-21/h3-15H,2,16-19H2,1H3,(H,29,33). The van der Waals surface area contributed by atoms with Gasteiger partial charge in [-0.1, -0.05) is 37.3 Å². The summed E-state index contributed by atoms with van der Waals surface area (Å²) in [7, 11) is 0. The van der Waals surface area contributed by atoms with Crippen LogP contribution in [0.5, 0.6) is 0 Å². The molecule has 0 bridgehead atoms. The summed E-state index contributed by atoms with van der Waals surface area (Å²) in [5, 5.41) is 4.13. The van der Waals surface area contributed by atoms with Gasteiger partial charge in [-0.15, -0.1) is 0 Å². The van der Waals surface area contributed by atoms with Crippen LogP contribution in [0, 0.1) is 0 Å². The van der Waals surface area contributed by atoms with Crippen LogP contribution in [0.25, 0.3) is 22.0 Å². The molecule has 0 spiro atoms. The fourth-order valence-corrected chi connectivity index (χ4v) is 4.24. The first-order chi connectivity index (χ1) is 16.2. The van der Waals surface area contributed by atoms with Crippen molar-refractivity contribution in [3.05, 3.63) is 84.7 Å². The first-order valence-electron chi connectivity index (χ1n) is 11.4. The van der Waals surface area contributed by atoms with Gasteiger partial charge in [0.25, 0.3) is 0 Å². The van der Waals surface area contributed by atoms with Crippen LogP contribution in [0.15, 0.2) is 79.1 Å². The first-order valence-corrected chi connectivity index (χ1v) is 11.4. The fraction of sp³-hybridized carbons (Fsp3) is 0.222. The zero-order valence-corrected chi connectivity index (χ0v) is 18.7. The van der Waals surface area contributed by atoms with E-state index in [4.69, 9.17) is 4.98 Å². The molecule has 0 aliphatic carbocycles. The number of para-hydroxylation sites is 1. The minimum absolute atomic E-state index is 0.0506. The van der Waals surface area contributed by atoms with Gasteiger partial charge in [-0.25, -0.2) is 9.78 Å². The maximum absolute atomic E-state index is 12.7. The Kier molecular flexibility index (Phi) is 5.89. The van der Waals surface area contributed by atoms with Crippen molar-refractivity contribution in [1.82, 2.24) is 14.9 Å². The van der Waals surface area contributed by atoms with E-state index in [1.54, 1.807) is 12.4 Å². The van der Waals surface area contributed by atoms with E-state index in [-0.39, 0.29) is 6.03 Å². The SMILES string of the molecule is CCc1ccc(NC(=O)N2CCN(c3ccc4cccc(-c5ccncc5)c4n3)CC2)cc1.